The lowest BCUT2D eigenvalue weighted by Crippen LogP contribution is -2.35. The number of aryl methyl sites for hydroxylation is 2. The highest BCUT2D eigenvalue weighted by Crippen LogP contribution is 2.23. The van der Waals surface area contributed by atoms with Gasteiger partial charge >= 0.3 is 0 Å². The molecule has 0 saturated carbocycles. The van der Waals surface area contributed by atoms with E-state index in [1.807, 2.05) is 19.9 Å². The van der Waals surface area contributed by atoms with Crippen LogP contribution in [0.15, 0.2) is 6.07 Å². The largest absolute Gasteiger partial charge is 0.287 e. The van der Waals surface area contributed by atoms with Crippen molar-refractivity contribution >= 4 is 17.2 Å². The van der Waals surface area contributed by atoms with Crippen LogP contribution in [0.5, 0.6) is 0 Å². The Morgan fingerprint density at radius 2 is 2.27 bits per heavy atom. The number of carbonyl (C=O) groups excluding carboxylic acids is 1. The van der Waals surface area contributed by atoms with E-state index in [4.69, 9.17) is 4.84 Å². The Morgan fingerprint density at radius 1 is 1.47 bits per heavy atom. The quantitative estimate of drug-likeness (QED) is 0.735. The molecule has 1 aliphatic rings. The van der Waals surface area contributed by atoms with Crippen LogP contribution in [-0.4, -0.2) is 24.1 Å². The molecule has 15 heavy (non-hydrogen) atoms. The molecule has 3 nitrogen and oxygen atoms in total. The molecule has 1 amide bonds. The van der Waals surface area contributed by atoms with Crippen LogP contribution in [0.3, 0.4) is 0 Å². The minimum absolute atomic E-state index is 0.0101. The minimum Gasteiger partial charge on any atom is -0.271 e. The van der Waals surface area contributed by atoms with Crippen LogP contribution in [0.4, 0.5) is 0 Å². The molecule has 0 aliphatic carbocycles. The van der Waals surface area contributed by atoms with Gasteiger partial charge in [-0.2, -0.15) is 0 Å². The van der Waals surface area contributed by atoms with Gasteiger partial charge in [-0.05, 0) is 38.3 Å². The van der Waals surface area contributed by atoms with E-state index in [9.17, 15) is 4.79 Å². The van der Waals surface area contributed by atoms with E-state index in [1.165, 1.54) is 15.5 Å². The van der Waals surface area contributed by atoms with Crippen LogP contribution >= 0.6 is 11.3 Å². The lowest BCUT2D eigenvalue weighted by Gasteiger charge is -2.25. The summed E-state index contributed by atoms with van der Waals surface area (Å²) in [5, 5.41) is 1.49. The van der Waals surface area contributed by atoms with E-state index in [0.29, 0.717) is 6.61 Å². The molecule has 0 unspecified atom stereocenters. The Balaban J connectivity index is 2.12. The van der Waals surface area contributed by atoms with E-state index in [2.05, 4.69) is 0 Å². The van der Waals surface area contributed by atoms with Gasteiger partial charge in [0.15, 0.2) is 0 Å². The van der Waals surface area contributed by atoms with Gasteiger partial charge in [-0.15, -0.1) is 11.3 Å². The first-order valence-corrected chi connectivity index (χ1v) is 6.02. The third-order valence-corrected chi connectivity index (χ3v) is 3.75. The van der Waals surface area contributed by atoms with Crippen molar-refractivity contribution in [3.63, 3.8) is 0 Å². The molecular weight excluding hydrogens is 210 g/mol. The van der Waals surface area contributed by atoms with Crippen molar-refractivity contribution in [1.82, 2.24) is 5.06 Å². The third-order valence-electron chi connectivity index (χ3n) is 2.61. The number of hydroxylamine groups is 2. The van der Waals surface area contributed by atoms with Gasteiger partial charge in [0.05, 0.1) is 11.5 Å². The third kappa shape index (κ3) is 2.21. The summed E-state index contributed by atoms with van der Waals surface area (Å²) in [5.41, 5.74) is 1.18. The number of thiophene rings is 1. The highest BCUT2D eigenvalue weighted by molar-refractivity contribution is 7.14. The molecule has 0 atom stereocenters. The van der Waals surface area contributed by atoms with Gasteiger partial charge < -0.3 is 0 Å². The Labute approximate surface area is 93.6 Å². The lowest BCUT2D eigenvalue weighted by atomic mass is 10.2. The summed E-state index contributed by atoms with van der Waals surface area (Å²) in [6.45, 7) is 5.44. The average Bonchev–Trinajstić information content (AvgIpc) is 2.59. The van der Waals surface area contributed by atoms with Crippen LogP contribution < -0.4 is 0 Å². The maximum absolute atomic E-state index is 12.0. The first-order chi connectivity index (χ1) is 7.18. The number of hydrogen-bond donors (Lipinski definition) is 0. The normalized spacial score (nSPS) is 16.8. The summed E-state index contributed by atoms with van der Waals surface area (Å²) in [4.78, 5) is 19.3. The predicted octanol–water partition coefficient (Wildman–Crippen LogP) is 2.53. The molecule has 0 aromatic carbocycles. The fraction of sp³-hybridized carbons (Fsp3) is 0.545. The number of carbonyl (C=O) groups is 1. The first kappa shape index (κ1) is 10.6. The molecular formula is C11H15NO2S. The first-order valence-electron chi connectivity index (χ1n) is 5.20. The summed E-state index contributed by atoms with van der Waals surface area (Å²) in [7, 11) is 0. The average molecular weight is 225 g/mol. The van der Waals surface area contributed by atoms with Gasteiger partial charge in [0.1, 0.15) is 0 Å². The smallest absolute Gasteiger partial charge is 0.271 e. The highest BCUT2D eigenvalue weighted by Gasteiger charge is 2.21. The van der Waals surface area contributed by atoms with Crippen LogP contribution in [0.25, 0.3) is 0 Å². The molecule has 0 radical (unpaired) electrons. The van der Waals surface area contributed by atoms with Gasteiger partial charge in [-0.1, -0.05) is 0 Å². The molecule has 1 aromatic rings. The topological polar surface area (TPSA) is 29.5 Å². The number of rotatable bonds is 1. The summed E-state index contributed by atoms with van der Waals surface area (Å²) in [6, 6.07) is 1.94. The zero-order valence-corrected chi connectivity index (χ0v) is 9.89. The molecule has 2 heterocycles. The number of amides is 1. The monoisotopic (exact) mass is 225 g/mol. The molecule has 1 aromatic heterocycles. The molecule has 0 spiro atoms. The van der Waals surface area contributed by atoms with Crippen molar-refractivity contribution in [3.05, 3.63) is 21.4 Å². The molecule has 2 rings (SSSR count). The van der Waals surface area contributed by atoms with Crippen molar-refractivity contribution in [1.29, 1.82) is 0 Å². The standard InChI is InChI=1S/C11H15NO2S/c1-8-7-10(15-9(8)2)11(13)12-5-3-4-6-14-12/h7H,3-6H2,1-2H3. The molecule has 1 aliphatic heterocycles. The zero-order chi connectivity index (χ0) is 10.8. The molecule has 1 saturated heterocycles. The maximum atomic E-state index is 12.0. The van der Waals surface area contributed by atoms with Crippen LogP contribution in [-0.2, 0) is 4.84 Å². The van der Waals surface area contributed by atoms with Crippen LogP contribution in [0.2, 0.25) is 0 Å². The van der Waals surface area contributed by atoms with Crippen LogP contribution in [0, 0.1) is 13.8 Å². The predicted molar refractivity (Wildman–Crippen MR) is 60.0 cm³/mol. The van der Waals surface area contributed by atoms with Crippen molar-refractivity contribution in [3.8, 4) is 0 Å². The van der Waals surface area contributed by atoms with Gasteiger partial charge in [0.2, 0.25) is 0 Å². The van der Waals surface area contributed by atoms with Gasteiger partial charge in [-0.25, -0.2) is 5.06 Å². The molecule has 4 heteroatoms. The van der Waals surface area contributed by atoms with E-state index in [-0.39, 0.29) is 5.91 Å². The Bertz CT molecular complexity index is 347. The molecule has 0 N–H and O–H groups in total. The second kappa shape index (κ2) is 4.33. The minimum atomic E-state index is 0.0101. The van der Waals surface area contributed by atoms with Crippen molar-refractivity contribution in [2.45, 2.75) is 26.7 Å². The van der Waals surface area contributed by atoms with E-state index in [0.717, 1.165) is 24.3 Å². The summed E-state index contributed by atoms with van der Waals surface area (Å²) in [5.74, 6) is 0.0101. The Hall–Kier alpha value is -0.870. The van der Waals surface area contributed by atoms with Crippen molar-refractivity contribution in [2.75, 3.05) is 13.2 Å². The Kier molecular flexibility index (Phi) is 3.07. The molecule has 0 bridgehead atoms. The summed E-state index contributed by atoms with van der Waals surface area (Å²) in [6.07, 6.45) is 2.08. The second-order valence-corrected chi connectivity index (χ2v) is 5.05. The van der Waals surface area contributed by atoms with Gasteiger partial charge in [0, 0.05) is 11.4 Å². The van der Waals surface area contributed by atoms with Crippen molar-refractivity contribution in [2.24, 2.45) is 0 Å². The fourth-order valence-corrected chi connectivity index (χ4v) is 2.53. The Morgan fingerprint density at radius 3 is 2.80 bits per heavy atom. The van der Waals surface area contributed by atoms with Crippen LogP contribution in [0.1, 0.15) is 33.0 Å². The van der Waals surface area contributed by atoms with E-state index < -0.39 is 0 Å². The van der Waals surface area contributed by atoms with E-state index in [1.54, 1.807) is 11.3 Å². The van der Waals surface area contributed by atoms with Gasteiger partial charge in [0.25, 0.3) is 5.91 Å². The van der Waals surface area contributed by atoms with Gasteiger partial charge in [-0.3, -0.25) is 9.63 Å². The lowest BCUT2D eigenvalue weighted by molar-refractivity contribution is -0.143. The number of nitrogens with zero attached hydrogens (tertiary/aromatic N) is 1. The zero-order valence-electron chi connectivity index (χ0n) is 9.08. The highest BCUT2D eigenvalue weighted by atomic mass is 32.1. The number of hydrogen-bond acceptors (Lipinski definition) is 3. The summed E-state index contributed by atoms with van der Waals surface area (Å²) < 4.78 is 0. The fourth-order valence-electron chi connectivity index (χ4n) is 1.56. The van der Waals surface area contributed by atoms with E-state index >= 15 is 0 Å². The molecule has 1 fully saturated rings. The SMILES string of the molecule is Cc1cc(C(=O)N2CCCCO2)sc1C. The van der Waals surface area contributed by atoms with Crippen molar-refractivity contribution < 1.29 is 9.63 Å². The molecule has 82 valence electrons. The maximum Gasteiger partial charge on any atom is 0.287 e. The second-order valence-electron chi connectivity index (χ2n) is 3.80. The summed E-state index contributed by atoms with van der Waals surface area (Å²) >= 11 is 1.54.